The van der Waals surface area contributed by atoms with E-state index in [0.717, 1.165) is 22.1 Å². The molecule has 1 N–H and O–H groups in total. The zero-order valence-corrected chi connectivity index (χ0v) is 16.1. The molecule has 1 amide bonds. The molecule has 2 rings (SSSR count). The Morgan fingerprint density at radius 1 is 1.12 bits per heavy atom. The van der Waals surface area contributed by atoms with Crippen LogP contribution >= 0.6 is 0 Å². The van der Waals surface area contributed by atoms with Crippen molar-refractivity contribution >= 4 is 27.7 Å². The first-order valence-electron chi connectivity index (χ1n) is 8.41. The summed E-state index contributed by atoms with van der Waals surface area (Å²) in [6, 6.07) is 14.7. The molecule has 0 aliphatic carbocycles. The molecule has 6 heteroatoms. The Balaban J connectivity index is 2.18. The van der Waals surface area contributed by atoms with E-state index < -0.39 is 10.0 Å². The van der Waals surface area contributed by atoms with E-state index in [1.807, 2.05) is 50.2 Å². The van der Waals surface area contributed by atoms with Gasteiger partial charge in [0.2, 0.25) is 5.91 Å². The summed E-state index contributed by atoms with van der Waals surface area (Å²) in [5.41, 5.74) is 3.14. The van der Waals surface area contributed by atoms with Gasteiger partial charge in [0.1, 0.15) is 0 Å². The van der Waals surface area contributed by atoms with Gasteiger partial charge in [-0.1, -0.05) is 48.0 Å². The second-order valence-electron chi connectivity index (χ2n) is 6.05. The van der Waals surface area contributed by atoms with Crippen molar-refractivity contribution in [1.29, 1.82) is 0 Å². The average Bonchev–Trinajstić information content (AvgIpc) is 2.60. The minimum absolute atomic E-state index is 0.0515. The monoisotopic (exact) mass is 372 g/mol. The molecule has 0 bridgehead atoms. The van der Waals surface area contributed by atoms with Crippen LogP contribution in [-0.2, 0) is 21.4 Å². The van der Waals surface area contributed by atoms with E-state index in [1.165, 1.54) is 6.92 Å². The number of rotatable bonds is 7. The van der Waals surface area contributed by atoms with Crippen molar-refractivity contribution < 1.29 is 13.2 Å². The van der Waals surface area contributed by atoms with Crippen molar-refractivity contribution in [3.05, 3.63) is 70.6 Å². The summed E-state index contributed by atoms with van der Waals surface area (Å²) in [7, 11) is -3.66. The van der Waals surface area contributed by atoms with Gasteiger partial charge < -0.3 is 4.90 Å². The third kappa shape index (κ3) is 5.74. The fraction of sp³-hybridized carbons (Fsp3) is 0.250. The van der Waals surface area contributed by atoms with Crippen LogP contribution < -0.4 is 4.72 Å². The fourth-order valence-corrected chi connectivity index (χ4v) is 3.35. The predicted molar refractivity (Wildman–Crippen MR) is 106 cm³/mol. The molecule has 138 valence electrons. The van der Waals surface area contributed by atoms with E-state index in [-0.39, 0.29) is 5.91 Å². The highest BCUT2D eigenvalue weighted by Gasteiger charge is 2.13. The minimum Gasteiger partial charge on any atom is -0.339 e. The number of benzene rings is 2. The molecule has 0 heterocycles. The van der Waals surface area contributed by atoms with Gasteiger partial charge in [0.15, 0.2) is 0 Å². The largest absolute Gasteiger partial charge is 0.339 e. The molecule has 0 radical (unpaired) electrons. The van der Waals surface area contributed by atoms with Crippen LogP contribution in [-0.4, -0.2) is 25.8 Å². The molecule has 0 aliphatic heterocycles. The van der Waals surface area contributed by atoms with E-state index in [1.54, 1.807) is 23.1 Å². The Bertz CT molecular complexity index is 888. The zero-order chi connectivity index (χ0) is 19.2. The Hall–Kier alpha value is -2.60. The number of hydrogen-bond acceptors (Lipinski definition) is 3. The Kier molecular flexibility index (Phi) is 6.58. The lowest BCUT2D eigenvalue weighted by molar-refractivity contribution is -0.129. The van der Waals surface area contributed by atoms with Gasteiger partial charge in [-0.3, -0.25) is 9.52 Å². The summed E-state index contributed by atoms with van der Waals surface area (Å²) < 4.78 is 27.4. The predicted octanol–water partition coefficient (Wildman–Crippen LogP) is 3.78. The number of aryl methyl sites for hydroxylation is 1. The Morgan fingerprint density at radius 2 is 1.77 bits per heavy atom. The molecular formula is C20H24N2O3S. The number of carbonyl (C=O) groups excluding carboxylic acids is 1. The third-order valence-corrected chi connectivity index (χ3v) is 4.97. The maximum atomic E-state index is 12.4. The number of nitrogens with one attached hydrogen (secondary N) is 1. The van der Waals surface area contributed by atoms with Gasteiger partial charge in [-0.25, -0.2) is 8.42 Å². The van der Waals surface area contributed by atoms with Gasteiger partial charge in [-0.2, -0.15) is 0 Å². The van der Waals surface area contributed by atoms with E-state index in [0.29, 0.717) is 18.8 Å². The maximum Gasteiger partial charge on any atom is 0.255 e. The molecule has 2 aromatic carbocycles. The van der Waals surface area contributed by atoms with E-state index in [4.69, 9.17) is 0 Å². The summed E-state index contributed by atoms with van der Waals surface area (Å²) in [4.78, 5) is 13.3. The molecule has 0 saturated carbocycles. The van der Waals surface area contributed by atoms with Gasteiger partial charge in [0.05, 0.1) is 11.1 Å². The summed E-state index contributed by atoms with van der Waals surface area (Å²) in [6.45, 7) is 6.28. The first kappa shape index (κ1) is 19.7. The second kappa shape index (κ2) is 8.67. The van der Waals surface area contributed by atoms with Crippen LogP contribution in [0, 0.1) is 6.92 Å². The summed E-state index contributed by atoms with van der Waals surface area (Å²) in [5.74, 6) is -0.0515. The molecule has 2 aromatic rings. The molecule has 0 atom stereocenters. The van der Waals surface area contributed by atoms with Crippen LogP contribution in [0.3, 0.4) is 0 Å². The van der Waals surface area contributed by atoms with Crippen LogP contribution in [0.5, 0.6) is 0 Å². The second-order valence-corrected chi connectivity index (χ2v) is 7.62. The van der Waals surface area contributed by atoms with E-state index in [2.05, 4.69) is 4.72 Å². The lowest BCUT2D eigenvalue weighted by Crippen LogP contribution is -2.28. The highest BCUT2D eigenvalue weighted by molar-refractivity contribution is 7.95. The summed E-state index contributed by atoms with van der Waals surface area (Å²) in [6.07, 6.45) is 1.55. The average molecular weight is 372 g/mol. The highest BCUT2D eigenvalue weighted by Crippen LogP contribution is 2.19. The van der Waals surface area contributed by atoms with Gasteiger partial charge in [0.25, 0.3) is 10.0 Å². The first-order chi connectivity index (χ1) is 12.3. The van der Waals surface area contributed by atoms with Gasteiger partial charge in [-0.15, -0.1) is 0 Å². The minimum atomic E-state index is -3.66. The number of amides is 1. The van der Waals surface area contributed by atoms with Gasteiger partial charge >= 0.3 is 0 Å². The smallest absolute Gasteiger partial charge is 0.255 e. The number of sulfonamides is 1. The summed E-state index contributed by atoms with van der Waals surface area (Å²) >= 11 is 0. The van der Waals surface area contributed by atoms with Crippen LogP contribution in [0.4, 0.5) is 5.69 Å². The number of carbonyl (C=O) groups is 1. The molecule has 0 unspecified atom stereocenters. The van der Waals surface area contributed by atoms with Crippen LogP contribution in [0.1, 0.15) is 30.5 Å². The normalized spacial score (nSPS) is 11.5. The zero-order valence-electron chi connectivity index (χ0n) is 15.3. The highest BCUT2D eigenvalue weighted by atomic mass is 32.2. The van der Waals surface area contributed by atoms with Crippen molar-refractivity contribution in [2.45, 2.75) is 27.3 Å². The van der Waals surface area contributed by atoms with Crippen LogP contribution in [0.25, 0.3) is 6.08 Å². The van der Waals surface area contributed by atoms with Crippen molar-refractivity contribution in [2.24, 2.45) is 0 Å². The van der Waals surface area contributed by atoms with E-state index in [9.17, 15) is 13.2 Å². The lowest BCUT2D eigenvalue weighted by atomic mass is 10.1. The first-order valence-corrected chi connectivity index (χ1v) is 9.96. The van der Waals surface area contributed by atoms with Crippen LogP contribution in [0.15, 0.2) is 53.9 Å². The van der Waals surface area contributed by atoms with Crippen molar-refractivity contribution in [2.75, 3.05) is 11.3 Å². The van der Waals surface area contributed by atoms with E-state index >= 15 is 0 Å². The Morgan fingerprint density at radius 3 is 2.38 bits per heavy atom. The molecule has 0 aromatic heterocycles. The quantitative estimate of drug-likeness (QED) is 0.804. The Labute approximate surface area is 155 Å². The van der Waals surface area contributed by atoms with Crippen molar-refractivity contribution in [1.82, 2.24) is 4.90 Å². The van der Waals surface area contributed by atoms with Crippen LogP contribution in [0.2, 0.25) is 0 Å². The van der Waals surface area contributed by atoms with Crippen molar-refractivity contribution in [3.8, 4) is 0 Å². The topological polar surface area (TPSA) is 66.5 Å². The number of nitrogens with zero attached hydrogens (tertiary/aromatic N) is 1. The molecule has 0 spiro atoms. The number of hydrogen-bond donors (Lipinski definition) is 1. The number of anilines is 1. The SMILES string of the molecule is CCN(Cc1ccccc1NS(=O)(=O)/C=C/c1ccc(C)cc1)C(C)=O. The molecular weight excluding hydrogens is 348 g/mol. The maximum absolute atomic E-state index is 12.4. The van der Waals surface area contributed by atoms with Gasteiger partial charge in [-0.05, 0) is 37.1 Å². The molecule has 0 fully saturated rings. The summed E-state index contributed by atoms with van der Waals surface area (Å²) in [5, 5.41) is 1.15. The molecule has 26 heavy (non-hydrogen) atoms. The molecule has 0 saturated heterocycles. The standard InChI is InChI=1S/C20H24N2O3S/c1-4-22(17(3)23)15-19-7-5-6-8-20(19)21-26(24,25)14-13-18-11-9-16(2)10-12-18/h5-14,21H,4,15H2,1-3H3/b14-13+. The fourth-order valence-electron chi connectivity index (χ4n) is 2.44. The molecule has 5 nitrogen and oxygen atoms in total. The van der Waals surface area contributed by atoms with Gasteiger partial charge in [0, 0.05) is 20.0 Å². The molecule has 0 aliphatic rings. The lowest BCUT2D eigenvalue weighted by Gasteiger charge is -2.21. The van der Waals surface area contributed by atoms with Crippen molar-refractivity contribution in [3.63, 3.8) is 0 Å². The number of para-hydroxylation sites is 1. The third-order valence-electron chi connectivity index (χ3n) is 3.97.